The van der Waals surface area contributed by atoms with Crippen LogP contribution in [0.2, 0.25) is 0 Å². The van der Waals surface area contributed by atoms with Crippen LogP contribution in [0.3, 0.4) is 0 Å². The summed E-state index contributed by atoms with van der Waals surface area (Å²) in [5.74, 6) is 0. The number of hydrogen-bond donors (Lipinski definition) is 0. The van der Waals surface area contributed by atoms with Gasteiger partial charge in [-0.1, -0.05) is 18.2 Å². The fourth-order valence-corrected chi connectivity index (χ4v) is 0.890. The van der Waals surface area contributed by atoms with Gasteiger partial charge in [0.15, 0.2) is 0 Å². The molecular weight excluding hydrogens is 199 g/mol. The van der Waals surface area contributed by atoms with Crippen LogP contribution in [0, 0.1) is 0 Å². The second kappa shape index (κ2) is 5.12. The summed E-state index contributed by atoms with van der Waals surface area (Å²) in [4.78, 5) is 21.1. The van der Waals surface area contributed by atoms with Crippen molar-refractivity contribution in [1.29, 1.82) is 0 Å². The number of rotatable bonds is 4. The van der Waals surface area contributed by atoms with Crippen molar-refractivity contribution in [1.82, 2.24) is 0 Å². The molecule has 0 unspecified atom stereocenters. The normalized spacial score (nSPS) is 11.1. The van der Waals surface area contributed by atoms with Crippen molar-refractivity contribution in [2.45, 2.75) is 13.3 Å². The molecule has 0 rings (SSSR count). The summed E-state index contributed by atoms with van der Waals surface area (Å²) in [6.07, 6.45) is 1.28. The number of hydrogen-bond acceptors (Lipinski definition) is 2. The largest absolute Gasteiger partial charge is 0.281 e. The highest BCUT2D eigenvalue weighted by atomic mass is 35.5. The first-order valence-electron chi connectivity index (χ1n) is 3.17. The molecule has 0 N–H and O–H groups in total. The summed E-state index contributed by atoms with van der Waals surface area (Å²) in [5.41, 5.74) is 0.820. The van der Waals surface area contributed by atoms with E-state index < -0.39 is 10.5 Å². The third-order valence-electron chi connectivity index (χ3n) is 1.00. The molecule has 0 amide bonds. The van der Waals surface area contributed by atoms with E-state index in [0.29, 0.717) is 5.57 Å². The van der Waals surface area contributed by atoms with Gasteiger partial charge in [0.25, 0.3) is 0 Å². The average molecular weight is 207 g/mol. The Morgan fingerprint density at radius 3 is 2.17 bits per heavy atom. The fraction of sp³-hybridized carbons (Fsp3) is 0.250. The molecule has 0 aromatic rings. The van der Waals surface area contributed by atoms with Gasteiger partial charge in [0.1, 0.15) is 0 Å². The zero-order chi connectivity index (χ0) is 9.72. The second-order valence-electron chi connectivity index (χ2n) is 2.32. The molecule has 0 fully saturated rings. The van der Waals surface area contributed by atoms with Crippen LogP contribution in [0.5, 0.6) is 0 Å². The van der Waals surface area contributed by atoms with E-state index in [4.69, 9.17) is 23.2 Å². The van der Waals surface area contributed by atoms with Crippen molar-refractivity contribution < 1.29 is 9.59 Å². The predicted molar refractivity (Wildman–Crippen MR) is 49.2 cm³/mol. The smallest absolute Gasteiger partial charge is 0.248 e. The molecule has 0 aliphatic carbocycles. The monoisotopic (exact) mass is 206 g/mol. The van der Waals surface area contributed by atoms with Crippen LogP contribution in [0.25, 0.3) is 0 Å². The molecule has 0 radical (unpaired) electrons. The van der Waals surface area contributed by atoms with E-state index in [9.17, 15) is 9.59 Å². The van der Waals surface area contributed by atoms with E-state index in [1.165, 1.54) is 6.08 Å². The quantitative estimate of drug-likeness (QED) is 0.403. The van der Waals surface area contributed by atoms with Gasteiger partial charge in [-0.05, 0) is 30.1 Å². The minimum Gasteiger partial charge on any atom is -0.281 e. The van der Waals surface area contributed by atoms with Gasteiger partial charge in [0.2, 0.25) is 10.5 Å². The van der Waals surface area contributed by atoms with Crippen LogP contribution >= 0.6 is 23.2 Å². The molecule has 0 atom stereocenters. The van der Waals surface area contributed by atoms with E-state index in [1.807, 2.05) is 0 Å². The first-order valence-corrected chi connectivity index (χ1v) is 3.93. The van der Waals surface area contributed by atoms with Crippen LogP contribution < -0.4 is 0 Å². The summed E-state index contributed by atoms with van der Waals surface area (Å²) in [6, 6.07) is 0. The maximum Gasteiger partial charge on any atom is 0.248 e. The Bertz CT molecular complexity index is 254. The van der Waals surface area contributed by atoms with Crippen LogP contribution in [-0.2, 0) is 9.59 Å². The van der Waals surface area contributed by atoms with Crippen LogP contribution in [0.15, 0.2) is 23.8 Å². The lowest BCUT2D eigenvalue weighted by Gasteiger charge is -1.96. The van der Waals surface area contributed by atoms with E-state index >= 15 is 0 Å². The van der Waals surface area contributed by atoms with Crippen molar-refractivity contribution in [2.75, 3.05) is 0 Å². The second-order valence-corrected chi connectivity index (χ2v) is 3.09. The number of carbonyl (C=O) groups excluding carboxylic acids is 2. The third kappa shape index (κ3) is 5.10. The van der Waals surface area contributed by atoms with Gasteiger partial charge in [-0.25, -0.2) is 0 Å². The average Bonchev–Trinajstić information content (AvgIpc) is 1.83. The van der Waals surface area contributed by atoms with Crippen molar-refractivity contribution in [3.8, 4) is 0 Å². The molecule has 4 heteroatoms. The van der Waals surface area contributed by atoms with Crippen molar-refractivity contribution >= 4 is 33.7 Å². The van der Waals surface area contributed by atoms with Gasteiger partial charge in [-0.3, -0.25) is 9.59 Å². The Balaban J connectivity index is 4.55. The molecular formula is C8H8Cl2O2. The summed E-state index contributed by atoms with van der Waals surface area (Å²) < 4.78 is 0. The molecule has 66 valence electrons. The van der Waals surface area contributed by atoms with Gasteiger partial charge >= 0.3 is 0 Å². The highest BCUT2D eigenvalue weighted by molar-refractivity contribution is 6.69. The van der Waals surface area contributed by atoms with Crippen molar-refractivity contribution in [3.63, 3.8) is 0 Å². The highest BCUT2D eigenvalue weighted by Gasteiger charge is 2.09. The van der Waals surface area contributed by atoms with Crippen LogP contribution in [-0.4, -0.2) is 10.5 Å². The zero-order valence-corrected chi connectivity index (χ0v) is 8.08. The summed E-state index contributed by atoms with van der Waals surface area (Å²) >= 11 is 10.3. The predicted octanol–water partition coefficient (Wildman–Crippen LogP) is 2.41. The van der Waals surface area contributed by atoms with E-state index in [-0.39, 0.29) is 12.0 Å². The maximum atomic E-state index is 10.7. The number of halogens is 2. The Morgan fingerprint density at radius 1 is 1.42 bits per heavy atom. The van der Waals surface area contributed by atoms with E-state index in [1.54, 1.807) is 6.92 Å². The number of allylic oxidation sites excluding steroid dienone is 3. The molecule has 0 aliphatic rings. The first-order chi connectivity index (χ1) is 5.43. The summed E-state index contributed by atoms with van der Waals surface area (Å²) in [5, 5.41) is -1.29. The van der Waals surface area contributed by atoms with E-state index in [2.05, 4.69) is 6.58 Å². The molecule has 0 saturated carbocycles. The van der Waals surface area contributed by atoms with Crippen LogP contribution in [0.4, 0.5) is 0 Å². The highest BCUT2D eigenvalue weighted by Crippen LogP contribution is 2.10. The molecule has 0 bridgehead atoms. The maximum absolute atomic E-state index is 10.7. The van der Waals surface area contributed by atoms with Crippen molar-refractivity contribution in [3.05, 3.63) is 23.8 Å². The number of carbonyl (C=O) groups is 2. The standard InChI is InChI=1S/C8H8Cl2O2/c1-5(2)3-6(8(10)12)4-7(9)11/h3H,1,4H2,2H3. The summed E-state index contributed by atoms with van der Waals surface area (Å²) in [7, 11) is 0. The molecule has 0 aliphatic heterocycles. The molecule has 0 spiro atoms. The molecule has 0 heterocycles. The Hall–Kier alpha value is -0.600. The fourth-order valence-electron chi connectivity index (χ4n) is 0.624. The Morgan fingerprint density at radius 2 is 1.92 bits per heavy atom. The van der Waals surface area contributed by atoms with Gasteiger partial charge in [0, 0.05) is 5.57 Å². The molecule has 0 aromatic heterocycles. The van der Waals surface area contributed by atoms with Gasteiger partial charge < -0.3 is 0 Å². The third-order valence-corrected chi connectivity index (χ3v) is 1.38. The Labute approximate surface area is 80.8 Å². The molecule has 0 saturated heterocycles. The minimum atomic E-state index is -0.674. The Kier molecular flexibility index (Phi) is 4.86. The van der Waals surface area contributed by atoms with Gasteiger partial charge in [-0.15, -0.1) is 0 Å². The minimum absolute atomic E-state index is 0.156. The molecule has 0 aromatic carbocycles. The zero-order valence-electron chi connectivity index (χ0n) is 6.56. The lowest BCUT2D eigenvalue weighted by molar-refractivity contribution is -0.113. The molecule has 2 nitrogen and oxygen atoms in total. The van der Waals surface area contributed by atoms with E-state index in [0.717, 1.165) is 0 Å². The first kappa shape index (κ1) is 11.4. The lowest BCUT2D eigenvalue weighted by atomic mass is 10.1. The van der Waals surface area contributed by atoms with Gasteiger partial charge in [-0.2, -0.15) is 0 Å². The SMILES string of the molecule is C=C(C)C=C(CC(=O)Cl)C(=O)Cl. The topological polar surface area (TPSA) is 34.1 Å². The van der Waals surface area contributed by atoms with Crippen LogP contribution in [0.1, 0.15) is 13.3 Å². The van der Waals surface area contributed by atoms with Gasteiger partial charge in [0.05, 0.1) is 6.42 Å². The molecule has 12 heavy (non-hydrogen) atoms. The summed E-state index contributed by atoms with van der Waals surface area (Å²) in [6.45, 7) is 5.24. The van der Waals surface area contributed by atoms with Crippen molar-refractivity contribution in [2.24, 2.45) is 0 Å². The lowest BCUT2D eigenvalue weighted by Crippen LogP contribution is -1.98.